The highest BCUT2D eigenvalue weighted by Crippen LogP contribution is 2.36. The van der Waals surface area contributed by atoms with Crippen molar-refractivity contribution < 1.29 is 18.7 Å². The van der Waals surface area contributed by atoms with Gasteiger partial charge in [-0.2, -0.15) is 0 Å². The van der Waals surface area contributed by atoms with Crippen LogP contribution in [0.1, 0.15) is 42.2 Å². The van der Waals surface area contributed by atoms with Crippen LogP contribution in [0.2, 0.25) is 0 Å². The maximum Gasteiger partial charge on any atom is 0.246 e. The second kappa shape index (κ2) is 6.84. The van der Waals surface area contributed by atoms with Gasteiger partial charge in [-0.05, 0) is 24.0 Å². The summed E-state index contributed by atoms with van der Waals surface area (Å²) in [5.74, 6) is 2.16. The first kappa shape index (κ1) is 16.1. The van der Waals surface area contributed by atoms with Crippen molar-refractivity contribution in [3.05, 3.63) is 41.6 Å². The number of carbonyl (C=O) groups is 1. The van der Waals surface area contributed by atoms with Gasteiger partial charge in [-0.25, -0.2) is 0 Å². The molecule has 0 radical (unpaired) electrons. The summed E-state index contributed by atoms with van der Waals surface area (Å²) in [5, 5.41) is 7.85. The summed E-state index contributed by atoms with van der Waals surface area (Å²) in [6.45, 7) is 3.91. The molecule has 1 aromatic heterocycles. The minimum absolute atomic E-state index is 0.131. The lowest BCUT2D eigenvalue weighted by Gasteiger charge is -2.33. The van der Waals surface area contributed by atoms with Crippen LogP contribution in [0, 0.1) is 6.92 Å². The molecule has 132 valence electrons. The molecular weight excluding hydrogens is 322 g/mol. The van der Waals surface area contributed by atoms with E-state index in [1.807, 2.05) is 23.1 Å². The van der Waals surface area contributed by atoms with E-state index >= 15 is 0 Å². The Balaban J connectivity index is 1.43. The van der Waals surface area contributed by atoms with Crippen LogP contribution < -0.4 is 4.74 Å². The molecule has 1 saturated heterocycles. The number of aryl methyl sites for hydroxylation is 1. The number of ether oxygens (including phenoxy) is 2. The van der Waals surface area contributed by atoms with Crippen molar-refractivity contribution >= 4 is 5.91 Å². The number of benzene rings is 1. The van der Waals surface area contributed by atoms with Crippen molar-refractivity contribution in [1.29, 1.82) is 0 Å². The third-order valence-electron chi connectivity index (χ3n) is 4.74. The van der Waals surface area contributed by atoms with Crippen molar-refractivity contribution in [2.75, 3.05) is 26.3 Å². The number of hydrogen-bond donors (Lipinski definition) is 0. The predicted octanol–water partition coefficient (Wildman–Crippen LogP) is 2.23. The first-order valence-electron chi connectivity index (χ1n) is 8.62. The molecular formula is C18H21N3O4. The number of carbonyl (C=O) groups excluding carboxylic acids is 1. The summed E-state index contributed by atoms with van der Waals surface area (Å²) in [7, 11) is 0. The van der Waals surface area contributed by atoms with E-state index < -0.39 is 0 Å². The van der Waals surface area contributed by atoms with E-state index in [4.69, 9.17) is 13.9 Å². The zero-order chi connectivity index (χ0) is 17.2. The molecule has 2 aliphatic heterocycles. The molecule has 0 N–H and O–H groups in total. The number of fused-ring (bicyclic) bond motifs is 1. The zero-order valence-electron chi connectivity index (χ0n) is 14.2. The van der Waals surface area contributed by atoms with Gasteiger partial charge in [-0.15, -0.1) is 10.2 Å². The van der Waals surface area contributed by atoms with Gasteiger partial charge in [-0.1, -0.05) is 18.2 Å². The molecule has 0 saturated carbocycles. The van der Waals surface area contributed by atoms with Crippen LogP contribution in [0.15, 0.2) is 28.7 Å². The quantitative estimate of drug-likeness (QED) is 0.850. The van der Waals surface area contributed by atoms with Gasteiger partial charge in [0.15, 0.2) is 6.10 Å². The van der Waals surface area contributed by atoms with Crippen molar-refractivity contribution in [3.8, 4) is 5.75 Å². The number of aromatic nitrogens is 2. The maximum absolute atomic E-state index is 12.8. The van der Waals surface area contributed by atoms with Gasteiger partial charge in [0.05, 0.1) is 19.8 Å². The van der Waals surface area contributed by atoms with Crippen molar-refractivity contribution in [3.63, 3.8) is 0 Å². The van der Waals surface area contributed by atoms with Crippen LogP contribution in [0.4, 0.5) is 0 Å². The Morgan fingerprint density at radius 3 is 3.00 bits per heavy atom. The van der Waals surface area contributed by atoms with E-state index in [0.717, 1.165) is 17.7 Å². The Morgan fingerprint density at radius 1 is 1.28 bits per heavy atom. The Hall–Kier alpha value is -2.41. The van der Waals surface area contributed by atoms with E-state index in [-0.39, 0.29) is 17.9 Å². The fourth-order valence-corrected chi connectivity index (χ4v) is 3.43. The molecule has 7 heteroatoms. The molecule has 2 aliphatic rings. The van der Waals surface area contributed by atoms with E-state index in [9.17, 15) is 4.79 Å². The maximum atomic E-state index is 12.8. The molecule has 4 rings (SSSR count). The minimum Gasteiger partial charge on any atom is -0.493 e. The highest BCUT2D eigenvalue weighted by molar-refractivity contribution is 5.77. The Bertz CT molecular complexity index is 760. The monoisotopic (exact) mass is 343 g/mol. The van der Waals surface area contributed by atoms with Crippen LogP contribution in [0.5, 0.6) is 5.75 Å². The summed E-state index contributed by atoms with van der Waals surface area (Å²) >= 11 is 0. The molecule has 2 aromatic rings. The Morgan fingerprint density at radius 2 is 2.16 bits per heavy atom. The number of morpholine rings is 1. The first-order valence-corrected chi connectivity index (χ1v) is 8.62. The average molecular weight is 343 g/mol. The van der Waals surface area contributed by atoms with E-state index in [1.54, 1.807) is 6.92 Å². The third kappa shape index (κ3) is 3.37. The SMILES string of the molecule is Cc1nnc([C@H]2CN(C(=O)C[C@@H]3CCOc4ccccc43)CCO2)o1. The number of hydrogen-bond acceptors (Lipinski definition) is 6. The topological polar surface area (TPSA) is 77.7 Å². The van der Waals surface area contributed by atoms with Gasteiger partial charge in [0.25, 0.3) is 0 Å². The van der Waals surface area contributed by atoms with Crippen LogP contribution in [-0.4, -0.2) is 47.3 Å². The van der Waals surface area contributed by atoms with Gasteiger partial charge in [0.2, 0.25) is 17.7 Å². The third-order valence-corrected chi connectivity index (χ3v) is 4.74. The van der Waals surface area contributed by atoms with Crippen molar-refractivity contribution in [2.24, 2.45) is 0 Å². The highest BCUT2D eigenvalue weighted by atomic mass is 16.5. The number of para-hydroxylation sites is 1. The summed E-state index contributed by atoms with van der Waals surface area (Å²) in [5.41, 5.74) is 1.12. The average Bonchev–Trinajstić information content (AvgIpc) is 3.09. The Labute approximate surface area is 145 Å². The Kier molecular flexibility index (Phi) is 4.40. The van der Waals surface area contributed by atoms with E-state index in [0.29, 0.717) is 44.5 Å². The largest absolute Gasteiger partial charge is 0.493 e. The van der Waals surface area contributed by atoms with Crippen molar-refractivity contribution in [2.45, 2.75) is 31.8 Å². The molecule has 0 unspecified atom stereocenters. The van der Waals surface area contributed by atoms with Gasteiger partial charge >= 0.3 is 0 Å². The van der Waals surface area contributed by atoms with Gasteiger partial charge in [0, 0.05) is 19.9 Å². The molecule has 0 bridgehead atoms. The summed E-state index contributed by atoms with van der Waals surface area (Å²) in [6.07, 6.45) is 0.996. The number of nitrogens with zero attached hydrogens (tertiary/aromatic N) is 3. The van der Waals surface area contributed by atoms with E-state index in [1.165, 1.54) is 0 Å². The molecule has 7 nitrogen and oxygen atoms in total. The van der Waals surface area contributed by atoms with Crippen LogP contribution in [0.25, 0.3) is 0 Å². The van der Waals surface area contributed by atoms with Gasteiger partial charge < -0.3 is 18.8 Å². The number of amides is 1. The molecule has 1 fully saturated rings. The standard InChI is InChI=1S/C18H21N3O4/c1-12-19-20-18(25-12)16-11-21(7-9-24-16)17(22)10-13-6-8-23-15-5-3-2-4-14(13)15/h2-5,13,16H,6-11H2,1H3/t13-,16+/m0/s1. The minimum atomic E-state index is -0.346. The van der Waals surface area contributed by atoms with E-state index in [2.05, 4.69) is 16.3 Å². The van der Waals surface area contributed by atoms with Crippen LogP contribution >= 0.6 is 0 Å². The normalized spacial score (nSPS) is 23.0. The summed E-state index contributed by atoms with van der Waals surface area (Å²) in [6, 6.07) is 7.97. The predicted molar refractivity (Wildman–Crippen MR) is 88.2 cm³/mol. The molecule has 3 heterocycles. The lowest BCUT2D eigenvalue weighted by molar-refractivity contribution is -0.140. The molecule has 1 aromatic carbocycles. The lowest BCUT2D eigenvalue weighted by atomic mass is 9.90. The van der Waals surface area contributed by atoms with Crippen LogP contribution in [-0.2, 0) is 9.53 Å². The summed E-state index contributed by atoms with van der Waals surface area (Å²) < 4.78 is 16.8. The summed E-state index contributed by atoms with van der Waals surface area (Å²) in [4.78, 5) is 14.7. The smallest absolute Gasteiger partial charge is 0.246 e. The van der Waals surface area contributed by atoms with Gasteiger partial charge in [0.1, 0.15) is 5.75 Å². The van der Waals surface area contributed by atoms with Crippen LogP contribution in [0.3, 0.4) is 0 Å². The number of rotatable bonds is 3. The zero-order valence-corrected chi connectivity index (χ0v) is 14.2. The fraction of sp³-hybridized carbons (Fsp3) is 0.500. The molecule has 0 spiro atoms. The fourth-order valence-electron chi connectivity index (χ4n) is 3.43. The molecule has 2 atom stereocenters. The highest BCUT2D eigenvalue weighted by Gasteiger charge is 2.31. The van der Waals surface area contributed by atoms with Gasteiger partial charge in [-0.3, -0.25) is 4.79 Å². The lowest BCUT2D eigenvalue weighted by Crippen LogP contribution is -2.43. The second-order valence-electron chi connectivity index (χ2n) is 6.43. The van der Waals surface area contributed by atoms with Crippen molar-refractivity contribution in [1.82, 2.24) is 15.1 Å². The first-order chi connectivity index (χ1) is 12.2. The molecule has 1 amide bonds. The second-order valence-corrected chi connectivity index (χ2v) is 6.43. The molecule has 25 heavy (non-hydrogen) atoms. The molecule has 0 aliphatic carbocycles.